The smallest absolute Gasteiger partial charge is 0.150 e. The number of hydrogen-bond acceptors (Lipinski definition) is 1. The maximum absolute atomic E-state index is 10.6. The minimum Gasteiger partial charge on any atom is -0.298 e. The quantitative estimate of drug-likeness (QED) is 0.554. The minimum atomic E-state index is 0.728. The Kier molecular flexibility index (Phi) is 3.16. The second kappa shape index (κ2) is 4.75. The Hall–Kier alpha value is -1.89. The van der Waals surface area contributed by atoms with E-state index >= 15 is 0 Å². The predicted octanol–water partition coefficient (Wildman–Crippen LogP) is 3.77. The lowest BCUT2D eigenvalue weighted by atomic mass is 10.0. The molecule has 0 aliphatic carbocycles. The van der Waals surface area contributed by atoms with E-state index in [9.17, 15) is 4.79 Å². The van der Waals surface area contributed by atoms with Crippen LogP contribution in [0.15, 0.2) is 49.1 Å². The molecule has 2 rings (SSSR count). The van der Waals surface area contributed by atoms with Crippen LogP contribution in [0.4, 0.5) is 0 Å². The number of carbonyl (C=O) groups excluding carboxylic acids is 1. The van der Waals surface area contributed by atoms with Gasteiger partial charge in [-0.1, -0.05) is 36.4 Å². The van der Waals surface area contributed by atoms with Crippen LogP contribution >= 0.6 is 0 Å². The summed E-state index contributed by atoms with van der Waals surface area (Å²) in [6, 6.07) is 12.1. The van der Waals surface area contributed by atoms with E-state index in [-0.39, 0.29) is 0 Å². The summed E-state index contributed by atoms with van der Waals surface area (Å²) in [4.78, 5) is 10.6. The van der Waals surface area contributed by atoms with Crippen LogP contribution < -0.4 is 0 Å². The molecular formula is C15H14O. The number of allylic oxidation sites excluding steroid dienone is 1. The summed E-state index contributed by atoms with van der Waals surface area (Å²) in [5.41, 5.74) is 2.04. The molecule has 0 unspecified atom stereocenters. The first-order chi connectivity index (χ1) is 7.83. The molecule has 0 N–H and O–H groups in total. The van der Waals surface area contributed by atoms with Crippen molar-refractivity contribution in [2.75, 3.05) is 0 Å². The summed E-state index contributed by atoms with van der Waals surface area (Å²) in [6.45, 7) is 3.72. The third-order valence-electron chi connectivity index (χ3n) is 2.70. The van der Waals surface area contributed by atoms with E-state index in [1.165, 1.54) is 10.9 Å². The first-order valence-electron chi connectivity index (χ1n) is 5.42. The summed E-state index contributed by atoms with van der Waals surface area (Å²) in [5, 5.41) is 2.30. The number of fused-ring (bicyclic) bond motifs is 1. The van der Waals surface area contributed by atoms with E-state index in [0.717, 1.165) is 30.1 Å². The Bertz CT molecular complexity index is 526. The third kappa shape index (κ3) is 2.19. The van der Waals surface area contributed by atoms with Crippen LogP contribution in [0.25, 0.3) is 10.8 Å². The van der Waals surface area contributed by atoms with Gasteiger partial charge in [0.05, 0.1) is 0 Å². The highest BCUT2D eigenvalue weighted by molar-refractivity contribution is 5.89. The zero-order valence-corrected chi connectivity index (χ0v) is 9.15. The highest BCUT2D eigenvalue weighted by atomic mass is 16.1. The molecule has 2 aromatic carbocycles. The lowest BCUT2D eigenvalue weighted by molar-refractivity contribution is 0.112. The predicted molar refractivity (Wildman–Crippen MR) is 67.9 cm³/mol. The molecule has 0 fully saturated rings. The van der Waals surface area contributed by atoms with Gasteiger partial charge in [-0.2, -0.15) is 0 Å². The van der Waals surface area contributed by atoms with Crippen molar-refractivity contribution in [3.8, 4) is 0 Å². The van der Waals surface area contributed by atoms with Crippen LogP contribution in [0.3, 0.4) is 0 Å². The Labute approximate surface area is 95.4 Å². The normalized spacial score (nSPS) is 10.2. The monoisotopic (exact) mass is 210 g/mol. The van der Waals surface area contributed by atoms with Crippen molar-refractivity contribution in [1.82, 2.24) is 0 Å². The number of aldehydes is 1. The molecule has 16 heavy (non-hydrogen) atoms. The molecule has 0 aliphatic rings. The van der Waals surface area contributed by atoms with Gasteiger partial charge in [0.15, 0.2) is 0 Å². The van der Waals surface area contributed by atoms with Gasteiger partial charge in [-0.15, -0.1) is 6.58 Å². The maximum Gasteiger partial charge on any atom is 0.150 e. The summed E-state index contributed by atoms with van der Waals surface area (Å²) in [6.07, 6.45) is 4.83. The third-order valence-corrected chi connectivity index (χ3v) is 2.70. The highest BCUT2D eigenvalue weighted by Crippen LogP contribution is 2.18. The van der Waals surface area contributed by atoms with E-state index in [1.54, 1.807) is 0 Å². The molecule has 80 valence electrons. The molecule has 2 aromatic rings. The first-order valence-corrected chi connectivity index (χ1v) is 5.42. The van der Waals surface area contributed by atoms with E-state index in [0.29, 0.717) is 0 Å². The Morgan fingerprint density at radius 2 is 1.81 bits per heavy atom. The first kappa shape index (κ1) is 10.6. The standard InChI is InChI=1S/C15H14O/c1-2-3-4-12-5-7-15-10-13(11-16)6-8-14(15)9-12/h2,5-11H,1,3-4H2. The molecule has 0 saturated carbocycles. The largest absolute Gasteiger partial charge is 0.298 e. The van der Waals surface area contributed by atoms with Gasteiger partial charge >= 0.3 is 0 Å². The average Bonchev–Trinajstić information content (AvgIpc) is 2.35. The lowest BCUT2D eigenvalue weighted by Crippen LogP contribution is -1.85. The van der Waals surface area contributed by atoms with Crippen molar-refractivity contribution in [2.45, 2.75) is 12.8 Å². The fourth-order valence-electron chi connectivity index (χ4n) is 1.81. The fraction of sp³-hybridized carbons (Fsp3) is 0.133. The number of hydrogen-bond donors (Lipinski definition) is 0. The van der Waals surface area contributed by atoms with Crippen LogP contribution in [0.1, 0.15) is 22.3 Å². The molecule has 1 heteroatoms. The number of carbonyl (C=O) groups is 1. The molecule has 0 radical (unpaired) electrons. The van der Waals surface area contributed by atoms with Crippen LogP contribution in [0.2, 0.25) is 0 Å². The van der Waals surface area contributed by atoms with E-state index < -0.39 is 0 Å². The zero-order chi connectivity index (χ0) is 11.4. The van der Waals surface area contributed by atoms with Crippen molar-refractivity contribution in [2.24, 2.45) is 0 Å². The Morgan fingerprint density at radius 3 is 2.56 bits per heavy atom. The van der Waals surface area contributed by atoms with Crippen molar-refractivity contribution in [3.63, 3.8) is 0 Å². The lowest BCUT2D eigenvalue weighted by Gasteiger charge is -2.03. The number of benzene rings is 2. The van der Waals surface area contributed by atoms with Crippen molar-refractivity contribution in [3.05, 3.63) is 60.2 Å². The van der Waals surface area contributed by atoms with Crippen molar-refractivity contribution < 1.29 is 4.79 Å². The topological polar surface area (TPSA) is 17.1 Å². The summed E-state index contributed by atoms with van der Waals surface area (Å²) in [7, 11) is 0. The van der Waals surface area contributed by atoms with Crippen LogP contribution in [-0.4, -0.2) is 6.29 Å². The van der Waals surface area contributed by atoms with E-state index in [1.807, 2.05) is 24.3 Å². The summed E-state index contributed by atoms with van der Waals surface area (Å²) >= 11 is 0. The van der Waals surface area contributed by atoms with Gasteiger partial charge in [-0.25, -0.2) is 0 Å². The van der Waals surface area contributed by atoms with Crippen LogP contribution in [-0.2, 0) is 6.42 Å². The molecule has 0 atom stereocenters. The molecule has 0 spiro atoms. The number of rotatable bonds is 4. The van der Waals surface area contributed by atoms with Gasteiger partial charge < -0.3 is 0 Å². The average molecular weight is 210 g/mol. The Morgan fingerprint density at radius 1 is 1.06 bits per heavy atom. The zero-order valence-electron chi connectivity index (χ0n) is 9.15. The van der Waals surface area contributed by atoms with E-state index in [2.05, 4.69) is 24.8 Å². The fourth-order valence-corrected chi connectivity index (χ4v) is 1.81. The second-order valence-corrected chi connectivity index (χ2v) is 3.89. The Balaban J connectivity index is 2.39. The molecule has 0 amide bonds. The summed E-state index contributed by atoms with van der Waals surface area (Å²) < 4.78 is 0. The second-order valence-electron chi connectivity index (χ2n) is 3.89. The molecule has 0 saturated heterocycles. The van der Waals surface area contributed by atoms with Gasteiger partial charge in [-0.3, -0.25) is 4.79 Å². The highest BCUT2D eigenvalue weighted by Gasteiger charge is 1.97. The van der Waals surface area contributed by atoms with E-state index in [4.69, 9.17) is 0 Å². The van der Waals surface area contributed by atoms with Gasteiger partial charge in [0.2, 0.25) is 0 Å². The molecule has 0 aromatic heterocycles. The van der Waals surface area contributed by atoms with Crippen LogP contribution in [0.5, 0.6) is 0 Å². The molecule has 1 nitrogen and oxygen atoms in total. The van der Waals surface area contributed by atoms with Crippen LogP contribution in [0, 0.1) is 0 Å². The maximum atomic E-state index is 10.6. The van der Waals surface area contributed by atoms with Gasteiger partial charge in [0, 0.05) is 5.56 Å². The molecule has 0 heterocycles. The molecular weight excluding hydrogens is 196 g/mol. The van der Waals surface area contributed by atoms with Gasteiger partial charge in [0.1, 0.15) is 6.29 Å². The molecule has 0 aliphatic heterocycles. The van der Waals surface area contributed by atoms with Gasteiger partial charge in [-0.05, 0) is 35.2 Å². The minimum absolute atomic E-state index is 0.728. The number of aryl methyl sites for hydroxylation is 1. The SMILES string of the molecule is C=CCCc1ccc2cc(C=O)ccc2c1. The van der Waals surface area contributed by atoms with Crippen molar-refractivity contribution >= 4 is 17.1 Å². The molecule has 0 bridgehead atoms. The van der Waals surface area contributed by atoms with Crippen molar-refractivity contribution in [1.29, 1.82) is 0 Å². The van der Waals surface area contributed by atoms with Gasteiger partial charge in [0.25, 0.3) is 0 Å². The summed E-state index contributed by atoms with van der Waals surface area (Å²) in [5.74, 6) is 0.